The molecular weight excluding hydrogens is 552 g/mol. The van der Waals surface area contributed by atoms with E-state index in [0.717, 1.165) is 17.2 Å². The highest BCUT2D eigenvalue weighted by molar-refractivity contribution is 7.71. The molecule has 3 amide bonds. The Morgan fingerprint density at radius 1 is 1.10 bits per heavy atom. The van der Waals surface area contributed by atoms with Crippen LogP contribution in [0.1, 0.15) is 26.7 Å². The van der Waals surface area contributed by atoms with Gasteiger partial charge in [-0.1, -0.05) is 49.7 Å². The maximum atomic E-state index is 15.5. The molecule has 2 aromatic carbocycles. The minimum Gasteiger partial charge on any atom is -0.326 e. The van der Waals surface area contributed by atoms with Crippen molar-refractivity contribution in [3.63, 3.8) is 0 Å². The number of urea groups is 1. The lowest BCUT2D eigenvalue weighted by atomic mass is 10.0. The van der Waals surface area contributed by atoms with Crippen molar-refractivity contribution in [3.8, 4) is 11.1 Å². The quantitative estimate of drug-likeness (QED) is 0.328. The Bertz CT molecular complexity index is 1460. The number of rotatable bonds is 7. The van der Waals surface area contributed by atoms with Crippen LogP contribution in [0.5, 0.6) is 0 Å². The zero-order valence-electron chi connectivity index (χ0n) is 21.3. The van der Waals surface area contributed by atoms with Gasteiger partial charge in [-0.25, -0.2) is 22.9 Å². The summed E-state index contributed by atoms with van der Waals surface area (Å²) in [4.78, 5) is 30.3. The van der Waals surface area contributed by atoms with Gasteiger partial charge in [0.15, 0.2) is 23.3 Å². The molecule has 0 bridgehead atoms. The molecule has 0 radical (unpaired) electrons. The van der Waals surface area contributed by atoms with Crippen molar-refractivity contribution >= 4 is 47.5 Å². The van der Waals surface area contributed by atoms with Gasteiger partial charge < -0.3 is 14.8 Å². The molecule has 1 atom stereocenters. The summed E-state index contributed by atoms with van der Waals surface area (Å²) in [5.41, 5.74) is 0.0203. The van der Waals surface area contributed by atoms with Crippen molar-refractivity contribution in [2.45, 2.75) is 32.7 Å². The Kier molecular flexibility index (Phi) is 8.67. The summed E-state index contributed by atoms with van der Waals surface area (Å²) in [7, 11) is -2.81. The van der Waals surface area contributed by atoms with Crippen molar-refractivity contribution in [2.75, 3.05) is 29.1 Å². The summed E-state index contributed by atoms with van der Waals surface area (Å²) in [6.45, 7) is 3.71. The number of halogens is 4. The number of anilines is 2. The number of aromatic nitrogens is 1. The van der Waals surface area contributed by atoms with Crippen LogP contribution in [0.3, 0.4) is 0 Å². The second-order valence-electron chi connectivity index (χ2n) is 9.07. The molecule has 2 N–H and O–H groups in total. The molecule has 0 aliphatic carbocycles. The SMILES string of the molecule is CCP(=O)(CC)c1ccccc1-c1ccc(N2CCC[C@@H](NC(=O)Nc3ncc(Cl)cc3F)C2=O)c(F)c1F. The van der Waals surface area contributed by atoms with E-state index in [1.165, 1.54) is 12.1 Å². The third-order valence-corrected chi connectivity index (χ3v) is 10.3. The van der Waals surface area contributed by atoms with Crippen LogP contribution in [0.4, 0.5) is 29.5 Å². The molecule has 0 unspecified atom stereocenters. The fourth-order valence-corrected chi connectivity index (χ4v) is 6.90. The first-order valence-corrected chi connectivity index (χ1v) is 14.9. The molecule has 2 heterocycles. The lowest BCUT2D eigenvalue weighted by Crippen LogP contribution is -2.53. The summed E-state index contributed by atoms with van der Waals surface area (Å²) in [6.07, 6.45) is 2.56. The van der Waals surface area contributed by atoms with Gasteiger partial charge in [-0.05, 0) is 36.6 Å². The summed E-state index contributed by atoms with van der Waals surface area (Å²) in [6, 6.07) is 8.36. The molecule has 7 nitrogen and oxygen atoms in total. The van der Waals surface area contributed by atoms with E-state index in [0.29, 0.717) is 29.6 Å². The van der Waals surface area contributed by atoms with Crippen molar-refractivity contribution in [2.24, 2.45) is 0 Å². The van der Waals surface area contributed by atoms with E-state index in [1.54, 1.807) is 38.1 Å². The van der Waals surface area contributed by atoms with Gasteiger partial charge in [0.2, 0.25) is 5.91 Å². The van der Waals surface area contributed by atoms with E-state index in [1.807, 2.05) is 0 Å². The maximum absolute atomic E-state index is 15.5. The number of carbonyl (C=O) groups is 2. The summed E-state index contributed by atoms with van der Waals surface area (Å²) in [5.74, 6) is -4.27. The molecule has 206 valence electrons. The predicted molar refractivity (Wildman–Crippen MR) is 147 cm³/mol. The van der Waals surface area contributed by atoms with E-state index in [4.69, 9.17) is 11.6 Å². The van der Waals surface area contributed by atoms with Gasteiger partial charge in [-0.15, -0.1) is 0 Å². The largest absolute Gasteiger partial charge is 0.326 e. The smallest absolute Gasteiger partial charge is 0.321 e. The molecule has 1 aliphatic heterocycles. The summed E-state index contributed by atoms with van der Waals surface area (Å²) in [5, 5.41) is 5.18. The number of hydrogen-bond acceptors (Lipinski definition) is 4. The Balaban J connectivity index is 1.58. The number of amides is 3. The van der Waals surface area contributed by atoms with Crippen molar-refractivity contribution in [1.29, 1.82) is 0 Å². The average Bonchev–Trinajstić information content (AvgIpc) is 2.93. The van der Waals surface area contributed by atoms with Crippen LogP contribution >= 0.6 is 18.7 Å². The van der Waals surface area contributed by atoms with Gasteiger partial charge in [0.25, 0.3) is 0 Å². The second kappa shape index (κ2) is 11.8. The first-order chi connectivity index (χ1) is 18.6. The highest BCUT2D eigenvalue weighted by Gasteiger charge is 2.34. The highest BCUT2D eigenvalue weighted by Crippen LogP contribution is 2.46. The zero-order chi connectivity index (χ0) is 28.3. The molecule has 12 heteroatoms. The van der Waals surface area contributed by atoms with E-state index < -0.39 is 42.6 Å². The predicted octanol–water partition coefficient (Wildman–Crippen LogP) is 6.16. The Labute approximate surface area is 229 Å². The highest BCUT2D eigenvalue weighted by atomic mass is 35.5. The molecule has 1 aliphatic rings. The van der Waals surface area contributed by atoms with Crippen molar-refractivity contribution in [3.05, 3.63) is 71.1 Å². The Morgan fingerprint density at radius 3 is 2.51 bits per heavy atom. The normalized spacial score (nSPS) is 15.8. The molecule has 1 saturated heterocycles. The lowest BCUT2D eigenvalue weighted by molar-refractivity contribution is -0.121. The van der Waals surface area contributed by atoms with Crippen molar-refractivity contribution < 1.29 is 27.3 Å². The third kappa shape index (κ3) is 5.82. The van der Waals surface area contributed by atoms with Gasteiger partial charge in [-0.3, -0.25) is 10.1 Å². The number of nitrogens with zero attached hydrogens (tertiary/aromatic N) is 2. The van der Waals surface area contributed by atoms with Crippen molar-refractivity contribution in [1.82, 2.24) is 10.3 Å². The van der Waals surface area contributed by atoms with Gasteiger partial charge >= 0.3 is 6.03 Å². The van der Waals surface area contributed by atoms with Crippen LogP contribution in [0.2, 0.25) is 5.02 Å². The van der Waals surface area contributed by atoms with Crippen LogP contribution in [-0.2, 0) is 9.36 Å². The van der Waals surface area contributed by atoms with Gasteiger partial charge in [0.05, 0.1) is 10.7 Å². The van der Waals surface area contributed by atoms with Gasteiger partial charge in [0.1, 0.15) is 13.2 Å². The molecule has 1 aromatic heterocycles. The number of hydrogen-bond donors (Lipinski definition) is 2. The van der Waals surface area contributed by atoms with E-state index in [2.05, 4.69) is 15.6 Å². The second-order valence-corrected chi connectivity index (χ2v) is 13.0. The van der Waals surface area contributed by atoms with E-state index in [-0.39, 0.29) is 35.1 Å². The molecule has 0 spiro atoms. The minimum atomic E-state index is -2.81. The lowest BCUT2D eigenvalue weighted by Gasteiger charge is -2.33. The van der Waals surface area contributed by atoms with Gasteiger partial charge in [-0.2, -0.15) is 0 Å². The molecule has 1 fully saturated rings. The Hall–Kier alpha value is -3.36. The number of nitrogens with one attached hydrogen (secondary N) is 2. The number of pyridine rings is 1. The van der Waals surface area contributed by atoms with E-state index >= 15 is 8.78 Å². The fourth-order valence-electron chi connectivity index (χ4n) is 4.63. The molecule has 0 saturated carbocycles. The first kappa shape index (κ1) is 28.6. The van der Waals surface area contributed by atoms with Gasteiger partial charge in [0, 0.05) is 35.9 Å². The molecule has 3 aromatic rings. The topological polar surface area (TPSA) is 91.4 Å². The van der Waals surface area contributed by atoms with Crippen LogP contribution in [0.15, 0.2) is 48.7 Å². The Morgan fingerprint density at radius 2 is 1.82 bits per heavy atom. The maximum Gasteiger partial charge on any atom is 0.321 e. The number of benzene rings is 2. The third-order valence-electron chi connectivity index (χ3n) is 6.79. The summed E-state index contributed by atoms with van der Waals surface area (Å²) >= 11 is 5.66. The minimum absolute atomic E-state index is 0.0464. The first-order valence-electron chi connectivity index (χ1n) is 12.5. The standard InChI is InChI=1S/C27H27ClF3N4O3P/c1-3-39(38,4-2)22-10-6-5-8-17(22)18-11-12-21(24(31)23(18)30)35-13-7-9-20(26(35)36)33-27(37)34-25-19(29)14-16(28)15-32-25/h5-6,8,10-12,14-15,20H,3-4,7,9,13H2,1-2H3,(H2,32,33,34,37)/t20-/m1/s1. The zero-order valence-corrected chi connectivity index (χ0v) is 23.0. The number of piperidine rings is 1. The fraction of sp³-hybridized carbons (Fsp3) is 0.296. The van der Waals surface area contributed by atoms with Crippen LogP contribution in [0.25, 0.3) is 11.1 Å². The monoisotopic (exact) mass is 578 g/mol. The number of carbonyl (C=O) groups excluding carboxylic acids is 2. The molecule has 4 rings (SSSR count). The summed E-state index contributed by atoms with van der Waals surface area (Å²) < 4.78 is 58.3. The average molecular weight is 579 g/mol. The molecule has 39 heavy (non-hydrogen) atoms. The van der Waals surface area contributed by atoms with Crippen LogP contribution < -0.4 is 20.8 Å². The van der Waals surface area contributed by atoms with E-state index in [9.17, 15) is 18.5 Å². The van der Waals surface area contributed by atoms with Crippen LogP contribution in [0, 0.1) is 17.5 Å². The molecular formula is C27H27ClF3N4O3P. The van der Waals surface area contributed by atoms with Crippen LogP contribution in [-0.4, -0.2) is 41.8 Å².